The Kier molecular flexibility index (Phi) is 3.28. The van der Waals surface area contributed by atoms with Crippen LogP contribution in [-0.4, -0.2) is 19.2 Å². The van der Waals surface area contributed by atoms with Crippen molar-refractivity contribution in [2.45, 2.75) is 13.0 Å². The normalized spacial score (nSPS) is 13.2. The van der Waals surface area contributed by atoms with Gasteiger partial charge in [0.2, 0.25) is 0 Å². The molecule has 3 heteroatoms. The fourth-order valence-electron chi connectivity index (χ4n) is 1.19. The summed E-state index contributed by atoms with van der Waals surface area (Å²) in [5.41, 5.74) is 7.62. The molecule has 1 aromatic rings. The molecule has 1 aromatic carbocycles. The second kappa shape index (κ2) is 4.25. The molecule has 2 N–H and O–H groups in total. The number of rotatable bonds is 3. The molecule has 0 aliphatic heterocycles. The van der Waals surface area contributed by atoms with Crippen LogP contribution in [0.5, 0.6) is 0 Å². The number of hydrogen-bond donors (Lipinski definition) is 1. The van der Waals surface area contributed by atoms with Crippen molar-refractivity contribution in [2.24, 2.45) is 0 Å². The summed E-state index contributed by atoms with van der Waals surface area (Å²) in [7, 11) is 3.55. The van der Waals surface area contributed by atoms with Gasteiger partial charge in [-0.15, -0.1) is 0 Å². The van der Waals surface area contributed by atoms with Crippen LogP contribution in [0.3, 0.4) is 0 Å². The van der Waals surface area contributed by atoms with E-state index in [1.54, 1.807) is 12.2 Å². The van der Waals surface area contributed by atoms with Crippen molar-refractivity contribution in [2.75, 3.05) is 19.9 Å². The Balaban J connectivity index is 2.82. The van der Waals surface area contributed by atoms with Crippen LogP contribution >= 0.6 is 0 Å². The molecule has 13 heavy (non-hydrogen) atoms. The first-order valence-electron chi connectivity index (χ1n) is 4.27. The predicted molar refractivity (Wildman–Crippen MR) is 54.0 cm³/mol. The van der Waals surface area contributed by atoms with Gasteiger partial charge in [-0.05, 0) is 24.6 Å². The van der Waals surface area contributed by atoms with Gasteiger partial charge in [0, 0.05) is 12.7 Å². The van der Waals surface area contributed by atoms with E-state index in [9.17, 15) is 0 Å². The number of hydroxylamine groups is 2. The molecule has 0 amide bonds. The van der Waals surface area contributed by atoms with Crippen LogP contribution in [0.15, 0.2) is 24.3 Å². The number of nitrogens with zero attached hydrogens (tertiary/aromatic N) is 1. The highest BCUT2D eigenvalue weighted by Gasteiger charge is 2.10. The van der Waals surface area contributed by atoms with Gasteiger partial charge in [0.05, 0.1) is 13.2 Å². The molecule has 0 aliphatic rings. The minimum atomic E-state index is 0.216. The quantitative estimate of drug-likeness (QED) is 0.569. The van der Waals surface area contributed by atoms with Gasteiger partial charge in [-0.3, -0.25) is 0 Å². The van der Waals surface area contributed by atoms with Crippen LogP contribution in [0.1, 0.15) is 18.5 Å². The summed E-state index contributed by atoms with van der Waals surface area (Å²) in [6.45, 7) is 2.07. The Morgan fingerprint density at radius 1 is 1.46 bits per heavy atom. The number of hydrogen-bond acceptors (Lipinski definition) is 3. The largest absolute Gasteiger partial charge is 0.399 e. The van der Waals surface area contributed by atoms with Crippen LogP contribution in [0.2, 0.25) is 0 Å². The molecule has 3 nitrogen and oxygen atoms in total. The Bertz CT molecular complexity index is 275. The summed E-state index contributed by atoms with van der Waals surface area (Å²) in [5, 5.41) is 1.79. The standard InChI is InChI=1S/C10H16N2O/c1-8(12(2)13-3)9-5-4-6-10(11)7-9/h4-8H,11H2,1-3H3. The zero-order valence-electron chi connectivity index (χ0n) is 8.32. The van der Waals surface area contributed by atoms with Crippen LogP contribution < -0.4 is 5.73 Å². The first-order valence-corrected chi connectivity index (χ1v) is 4.27. The Morgan fingerprint density at radius 2 is 2.15 bits per heavy atom. The van der Waals surface area contributed by atoms with Gasteiger partial charge in [0.25, 0.3) is 0 Å². The molecule has 0 aromatic heterocycles. The van der Waals surface area contributed by atoms with E-state index in [1.165, 1.54) is 0 Å². The van der Waals surface area contributed by atoms with E-state index in [2.05, 4.69) is 6.92 Å². The third-order valence-electron chi connectivity index (χ3n) is 2.23. The van der Waals surface area contributed by atoms with E-state index in [0.29, 0.717) is 0 Å². The fourth-order valence-corrected chi connectivity index (χ4v) is 1.19. The maximum Gasteiger partial charge on any atom is 0.0575 e. The van der Waals surface area contributed by atoms with Gasteiger partial charge in [0.1, 0.15) is 0 Å². The van der Waals surface area contributed by atoms with Crippen LogP contribution in [0, 0.1) is 0 Å². The highest BCUT2D eigenvalue weighted by atomic mass is 16.7. The summed E-state index contributed by atoms with van der Waals surface area (Å²) < 4.78 is 0. The van der Waals surface area contributed by atoms with Crippen molar-refractivity contribution in [3.63, 3.8) is 0 Å². The third-order valence-corrected chi connectivity index (χ3v) is 2.23. The highest BCUT2D eigenvalue weighted by Crippen LogP contribution is 2.20. The van der Waals surface area contributed by atoms with Crippen LogP contribution in [-0.2, 0) is 4.84 Å². The molecular formula is C10H16N2O. The Hall–Kier alpha value is -1.06. The lowest BCUT2D eigenvalue weighted by molar-refractivity contribution is -0.137. The summed E-state index contributed by atoms with van der Waals surface area (Å²) in [6, 6.07) is 8.04. The molecule has 1 rings (SSSR count). The number of anilines is 1. The van der Waals surface area contributed by atoms with E-state index in [-0.39, 0.29) is 6.04 Å². The summed E-state index contributed by atoms with van der Waals surface area (Å²) >= 11 is 0. The number of benzene rings is 1. The van der Waals surface area contributed by atoms with Gasteiger partial charge in [0.15, 0.2) is 0 Å². The maximum absolute atomic E-state index is 5.68. The first-order chi connectivity index (χ1) is 6.15. The summed E-state index contributed by atoms with van der Waals surface area (Å²) in [6.07, 6.45) is 0. The SMILES string of the molecule is CON(C)C(C)c1cccc(N)c1. The van der Waals surface area contributed by atoms with Gasteiger partial charge < -0.3 is 10.6 Å². The smallest absolute Gasteiger partial charge is 0.0575 e. The van der Waals surface area contributed by atoms with E-state index < -0.39 is 0 Å². The van der Waals surface area contributed by atoms with Crippen molar-refractivity contribution in [3.8, 4) is 0 Å². The monoisotopic (exact) mass is 180 g/mol. The van der Waals surface area contributed by atoms with E-state index in [1.807, 2.05) is 31.3 Å². The summed E-state index contributed by atoms with van der Waals surface area (Å²) in [5.74, 6) is 0. The van der Waals surface area contributed by atoms with Crippen LogP contribution in [0.25, 0.3) is 0 Å². The van der Waals surface area contributed by atoms with Crippen molar-refractivity contribution >= 4 is 5.69 Å². The van der Waals surface area contributed by atoms with Crippen molar-refractivity contribution in [3.05, 3.63) is 29.8 Å². The van der Waals surface area contributed by atoms with Crippen LogP contribution in [0.4, 0.5) is 5.69 Å². The molecular weight excluding hydrogens is 164 g/mol. The molecule has 1 unspecified atom stereocenters. The predicted octanol–water partition coefficient (Wildman–Crippen LogP) is 1.82. The molecule has 0 heterocycles. The molecule has 0 aliphatic carbocycles. The van der Waals surface area contributed by atoms with E-state index in [0.717, 1.165) is 11.3 Å². The fraction of sp³-hybridized carbons (Fsp3) is 0.400. The zero-order valence-corrected chi connectivity index (χ0v) is 8.32. The molecule has 72 valence electrons. The second-order valence-corrected chi connectivity index (χ2v) is 3.07. The molecule has 0 saturated carbocycles. The van der Waals surface area contributed by atoms with E-state index >= 15 is 0 Å². The van der Waals surface area contributed by atoms with Crippen molar-refractivity contribution in [1.29, 1.82) is 0 Å². The minimum Gasteiger partial charge on any atom is -0.399 e. The molecule has 0 spiro atoms. The average Bonchev–Trinajstić information content (AvgIpc) is 2.15. The van der Waals surface area contributed by atoms with E-state index in [4.69, 9.17) is 10.6 Å². The van der Waals surface area contributed by atoms with Gasteiger partial charge in [-0.2, -0.15) is 5.06 Å². The lowest BCUT2D eigenvalue weighted by Gasteiger charge is -2.22. The topological polar surface area (TPSA) is 38.5 Å². The van der Waals surface area contributed by atoms with Gasteiger partial charge >= 0.3 is 0 Å². The zero-order chi connectivity index (χ0) is 9.84. The molecule has 0 radical (unpaired) electrons. The number of nitrogens with two attached hydrogens (primary N) is 1. The third kappa shape index (κ3) is 2.44. The van der Waals surface area contributed by atoms with Crippen molar-refractivity contribution < 1.29 is 4.84 Å². The Labute approximate surface area is 79.1 Å². The Morgan fingerprint density at radius 3 is 2.69 bits per heavy atom. The van der Waals surface area contributed by atoms with Crippen molar-refractivity contribution in [1.82, 2.24) is 5.06 Å². The highest BCUT2D eigenvalue weighted by molar-refractivity contribution is 5.41. The van der Waals surface area contributed by atoms with Gasteiger partial charge in [-0.1, -0.05) is 12.1 Å². The maximum atomic E-state index is 5.68. The average molecular weight is 180 g/mol. The molecule has 0 fully saturated rings. The number of nitrogen functional groups attached to an aromatic ring is 1. The molecule has 0 bridgehead atoms. The molecule has 0 saturated heterocycles. The van der Waals surface area contributed by atoms with Gasteiger partial charge in [-0.25, -0.2) is 0 Å². The summed E-state index contributed by atoms with van der Waals surface area (Å²) in [4.78, 5) is 5.10. The lowest BCUT2D eigenvalue weighted by atomic mass is 10.1. The molecule has 1 atom stereocenters. The first kappa shape index (κ1) is 10.0. The lowest BCUT2D eigenvalue weighted by Crippen LogP contribution is -2.20. The minimum absolute atomic E-state index is 0.216. The second-order valence-electron chi connectivity index (χ2n) is 3.07.